The predicted molar refractivity (Wildman–Crippen MR) is 115 cm³/mol. The maximum Gasteiger partial charge on any atom is 0.422 e. The molecule has 1 fully saturated rings. The van der Waals surface area contributed by atoms with Crippen LogP contribution in [-0.2, 0) is 16.0 Å². The Kier molecular flexibility index (Phi) is 7.52. The summed E-state index contributed by atoms with van der Waals surface area (Å²) < 4.78 is 48.4. The molecule has 7 heteroatoms. The highest BCUT2D eigenvalue weighted by atomic mass is 35.5. The monoisotopic (exact) mass is 454 g/mol. The van der Waals surface area contributed by atoms with Gasteiger partial charge >= 0.3 is 12.1 Å². The molecule has 168 valence electrons. The number of hydrogen-bond donors (Lipinski definition) is 0. The van der Waals surface area contributed by atoms with Gasteiger partial charge in [-0.05, 0) is 66.8 Å². The normalized spacial score (nSPS) is 18.0. The van der Waals surface area contributed by atoms with Crippen molar-refractivity contribution >= 4 is 17.6 Å². The molecule has 0 saturated heterocycles. The van der Waals surface area contributed by atoms with E-state index in [2.05, 4.69) is 0 Å². The molecule has 1 aliphatic carbocycles. The van der Waals surface area contributed by atoms with E-state index in [1.165, 1.54) is 0 Å². The fourth-order valence-electron chi connectivity index (χ4n) is 3.77. The number of ether oxygens (including phenoxy) is 2. The van der Waals surface area contributed by atoms with Crippen molar-refractivity contribution in [2.24, 2.45) is 5.92 Å². The lowest BCUT2D eigenvalue weighted by Gasteiger charge is -2.17. The molecule has 0 aliphatic heterocycles. The summed E-state index contributed by atoms with van der Waals surface area (Å²) in [6.07, 6.45) is -1.61. The fraction of sp³-hybridized carbons (Fsp3) is 0.458. The number of rotatable bonds is 9. The molecular formula is C24H26ClF3O3. The number of esters is 1. The second-order valence-electron chi connectivity index (χ2n) is 7.78. The van der Waals surface area contributed by atoms with Crippen molar-refractivity contribution in [2.45, 2.75) is 51.6 Å². The Morgan fingerprint density at radius 3 is 2.48 bits per heavy atom. The zero-order valence-corrected chi connectivity index (χ0v) is 18.4. The number of alkyl halides is 3. The van der Waals surface area contributed by atoms with Gasteiger partial charge in [0.1, 0.15) is 5.75 Å². The van der Waals surface area contributed by atoms with Gasteiger partial charge in [-0.2, -0.15) is 13.2 Å². The van der Waals surface area contributed by atoms with Crippen molar-refractivity contribution in [1.82, 2.24) is 0 Å². The molecule has 0 amide bonds. The Labute approximate surface area is 185 Å². The van der Waals surface area contributed by atoms with Gasteiger partial charge in [0.15, 0.2) is 6.61 Å². The second-order valence-corrected chi connectivity index (χ2v) is 8.19. The second kappa shape index (κ2) is 9.94. The van der Waals surface area contributed by atoms with E-state index in [-0.39, 0.29) is 22.7 Å². The van der Waals surface area contributed by atoms with Gasteiger partial charge in [0.25, 0.3) is 0 Å². The van der Waals surface area contributed by atoms with Crippen LogP contribution < -0.4 is 4.74 Å². The van der Waals surface area contributed by atoms with Gasteiger partial charge < -0.3 is 9.47 Å². The number of carbonyl (C=O) groups is 1. The molecule has 0 aromatic heterocycles. The maximum absolute atomic E-state index is 12.8. The van der Waals surface area contributed by atoms with E-state index in [0.717, 1.165) is 29.5 Å². The Bertz CT molecular complexity index is 910. The van der Waals surface area contributed by atoms with Gasteiger partial charge in [0.05, 0.1) is 11.6 Å². The van der Waals surface area contributed by atoms with Gasteiger partial charge in [0, 0.05) is 12.0 Å². The number of halogens is 4. The highest BCUT2D eigenvalue weighted by Crippen LogP contribution is 2.52. The smallest absolute Gasteiger partial charge is 0.422 e. The molecule has 1 saturated carbocycles. The number of carbonyl (C=O) groups excluding carboxylic acids is 1. The molecule has 3 nitrogen and oxygen atoms in total. The van der Waals surface area contributed by atoms with E-state index >= 15 is 0 Å². The molecule has 0 heterocycles. The summed E-state index contributed by atoms with van der Waals surface area (Å²) in [6, 6.07) is 11.2. The molecular weight excluding hydrogens is 429 g/mol. The molecule has 2 atom stereocenters. The summed E-state index contributed by atoms with van der Waals surface area (Å²) >= 11 is 6.39. The molecule has 1 aliphatic rings. The molecule has 2 unspecified atom stereocenters. The average molecular weight is 455 g/mol. The third-order valence-electron chi connectivity index (χ3n) is 5.49. The zero-order valence-electron chi connectivity index (χ0n) is 17.6. The van der Waals surface area contributed by atoms with E-state index in [0.29, 0.717) is 30.9 Å². The first kappa shape index (κ1) is 23.5. The topological polar surface area (TPSA) is 35.5 Å². The SMILES string of the molecule is CCOC(=O)CCC1CC1c1cc(Cl)c(OCC(F)(F)F)c(-c2ccc(CC)cc2)c1. The van der Waals surface area contributed by atoms with E-state index < -0.39 is 12.8 Å². The Morgan fingerprint density at radius 1 is 1.16 bits per heavy atom. The largest absolute Gasteiger partial charge is 0.482 e. The fourth-order valence-corrected chi connectivity index (χ4v) is 4.06. The maximum atomic E-state index is 12.8. The van der Waals surface area contributed by atoms with Gasteiger partial charge in [-0.3, -0.25) is 4.79 Å². The lowest BCUT2D eigenvalue weighted by molar-refractivity contribution is -0.153. The lowest BCUT2D eigenvalue weighted by atomic mass is 9.97. The van der Waals surface area contributed by atoms with Crippen LogP contribution >= 0.6 is 11.6 Å². The van der Waals surface area contributed by atoms with Crippen LogP contribution in [0.1, 0.15) is 50.2 Å². The molecule has 0 spiro atoms. The minimum absolute atomic E-state index is 0.0377. The van der Waals surface area contributed by atoms with Crippen molar-refractivity contribution in [1.29, 1.82) is 0 Å². The van der Waals surface area contributed by atoms with Crippen molar-refractivity contribution in [3.05, 3.63) is 52.5 Å². The van der Waals surface area contributed by atoms with Crippen molar-refractivity contribution in [2.75, 3.05) is 13.2 Å². The van der Waals surface area contributed by atoms with Gasteiger partial charge in [0.2, 0.25) is 0 Å². The number of benzene rings is 2. The van der Waals surface area contributed by atoms with Crippen LogP contribution in [0.2, 0.25) is 5.02 Å². The molecule has 0 N–H and O–H groups in total. The number of aryl methyl sites for hydroxylation is 1. The summed E-state index contributed by atoms with van der Waals surface area (Å²) in [5.41, 5.74) is 3.38. The third-order valence-corrected chi connectivity index (χ3v) is 5.78. The van der Waals surface area contributed by atoms with Gasteiger partial charge in [-0.15, -0.1) is 0 Å². The zero-order chi connectivity index (χ0) is 22.6. The van der Waals surface area contributed by atoms with Crippen LogP contribution in [0, 0.1) is 5.92 Å². The van der Waals surface area contributed by atoms with Crippen molar-refractivity contribution in [3.63, 3.8) is 0 Å². The lowest BCUT2D eigenvalue weighted by Crippen LogP contribution is -2.19. The summed E-state index contributed by atoms with van der Waals surface area (Å²) in [5, 5.41) is 0.160. The summed E-state index contributed by atoms with van der Waals surface area (Å²) in [4.78, 5) is 11.6. The Morgan fingerprint density at radius 2 is 1.87 bits per heavy atom. The van der Waals surface area contributed by atoms with E-state index in [4.69, 9.17) is 21.1 Å². The van der Waals surface area contributed by atoms with Crippen molar-refractivity contribution in [3.8, 4) is 16.9 Å². The van der Waals surface area contributed by atoms with E-state index in [1.807, 2.05) is 37.3 Å². The highest BCUT2D eigenvalue weighted by molar-refractivity contribution is 6.32. The van der Waals surface area contributed by atoms with E-state index in [9.17, 15) is 18.0 Å². The molecule has 3 rings (SSSR count). The van der Waals surface area contributed by atoms with Gasteiger partial charge in [-0.1, -0.05) is 42.8 Å². The summed E-state index contributed by atoms with van der Waals surface area (Å²) in [6.45, 7) is 2.77. The molecule has 0 bridgehead atoms. The standard InChI is InChI=1S/C24H26ClF3O3/c1-3-15-5-7-16(8-6-15)20-12-18(13-21(25)23(20)31-14-24(26,27)28)19-11-17(19)9-10-22(29)30-4-2/h5-8,12-13,17,19H,3-4,9-11,14H2,1-2H3. The predicted octanol–water partition coefficient (Wildman–Crippen LogP) is 6.96. The quantitative estimate of drug-likeness (QED) is 0.384. The van der Waals surface area contributed by atoms with Crippen molar-refractivity contribution < 1.29 is 27.4 Å². The average Bonchev–Trinajstić information content (AvgIpc) is 3.50. The highest BCUT2D eigenvalue weighted by Gasteiger charge is 2.39. The van der Waals surface area contributed by atoms with Crippen LogP contribution in [-0.4, -0.2) is 25.4 Å². The van der Waals surface area contributed by atoms with Crippen LogP contribution in [0.5, 0.6) is 5.75 Å². The van der Waals surface area contributed by atoms with Crippen LogP contribution in [0.4, 0.5) is 13.2 Å². The molecule has 2 aromatic carbocycles. The Balaban J connectivity index is 1.85. The Hall–Kier alpha value is -2.21. The first-order valence-corrected chi connectivity index (χ1v) is 10.9. The van der Waals surface area contributed by atoms with E-state index in [1.54, 1.807) is 13.0 Å². The molecule has 2 aromatic rings. The first-order chi connectivity index (χ1) is 14.7. The first-order valence-electron chi connectivity index (χ1n) is 10.5. The van der Waals surface area contributed by atoms with Crippen LogP contribution in [0.15, 0.2) is 36.4 Å². The van der Waals surface area contributed by atoms with Gasteiger partial charge in [-0.25, -0.2) is 0 Å². The third kappa shape index (κ3) is 6.39. The molecule has 0 radical (unpaired) electrons. The summed E-state index contributed by atoms with van der Waals surface area (Å²) in [7, 11) is 0. The minimum Gasteiger partial charge on any atom is -0.482 e. The minimum atomic E-state index is -4.46. The van der Waals surface area contributed by atoms with Crippen LogP contribution in [0.25, 0.3) is 11.1 Å². The summed E-state index contributed by atoms with van der Waals surface area (Å²) in [5.74, 6) is 0.379. The van der Waals surface area contributed by atoms with Crippen LogP contribution in [0.3, 0.4) is 0 Å². The number of hydrogen-bond acceptors (Lipinski definition) is 3. The molecule has 31 heavy (non-hydrogen) atoms.